The van der Waals surface area contributed by atoms with E-state index in [1.54, 1.807) is 6.07 Å². The highest BCUT2D eigenvalue weighted by atomic mass is 35.5. The second kappa shape index (κ2) is 11.4. The number of hydrogen-bond donors (Lipinski definition) is 0. The molecule has 2 aromatic carbocycles. The van der Waals surface area contributed by atoms with Crippen molar-refractivity contribution in [3.05, 3.63) is 52.5 Å². The fourth-order valence-electron chi connectivity index (χ4n) is 4.16. The number of ether oxygens (including phenoxy) is 2. The summed E-state index contributed by atoms with van der Waals surface area (Å²) in [6.07, 6.45) is -4.50. The van der Waals surface area contributed by atoms with Crippen LogP contribution in [0, 0.1) is 5.92 Å². The third-order valence-electron chi connectivity index (χ3n) is 5.94. The highest BCUT2D eigenvalue weighted by Gasteiger charge is 2.45. The van der Waals surface area contributed by atoms with Gasteiger partial charge in [0.25, 0.3) is 0 Å². The Bertz CT molecular complexity index is 1340. The summed E-state index contributed by atoms with van der Waals surface area (Å²) < 4.78 is 51.2. The number of rotatable bonds is 8. The first kappa shape index (κ1) is 28.0. The van der Waals surface area contributed by atoms with Gasteiger partial charge in [0.15, 0.2) is 5.82 Å². The van der Waals surface area contributed by atoms with Gasteiger partial charge in [-0.3, -0.25) is 9.69 Å². The number of likely N-dealkylation sites (tertiary alicyclic amines) is 1. The molecule has 0 radical (unpaired) electrons. The van der Waals surface area contributed by atoms with Gasteiger partial charge in [-0.05, 0) is 61.1 Å². The van der Waals surface area contributed by atoms with Gasteiger partial charge >= 0.3 is 18.1 Å². The van der Waals surface area contributed by atoms with E-state index in [1.165, 1.54) is 11.5 Å². The fraction of sp³-hybridized carbons (Fsp3) is 0.385. The zero-order chi connectivity index (χ0) is 27.6. The van der Waals surface area contributed by atoms with Crippen molar-refractivity contribution >= 4 is 35.1 Å². The van der Waals surface area contributed by atoms with Gasteiger partial charge in [0.05, 0.1) is 17.0 Å². The van der Waals surface area contributed by atoms with Gasteiger partial charge in [-0.1, -0.05) is 36.7 Å². The van der Waals surface area contributed by atoms with Crippen LogP contribution in [-0.4, -0.2) is 51.6 Å². The molecule has 1 fully saturated rings. The Labute approximate surface area is 226 Å². The molecule has 1 aliphatic heterocycles. The molecule has 7 nitrogen and oxygen atoms in total. The Morgan fingerprint density at radius 1 is 1.21 bits per heavy atom. The quantitative estimate of drug-likeness (QED) is 0.246. The van der Waals surface area contributed by atoms with Crippen LogP contribution in [0.4, 0.5) is 13.2 Å². The number of aromatic nitrogens is 2. The third-order valence-corrected chi connectivity index (χ3v) is 7.00. The maximum atomic E-state index is 12.3. The molecule has 2 heterocycles. The SMILES string of the molecule is CCc1c(CN2CC(C(=O)OC(=O)C(F)(F)F)C2)cccc1-c1nsc(-c2ccc(OC(C)C)c(Cl)c2)n1. The summed E-state index contributed by atoms with van der Waals surface area (Å²) in [4.78, 5) is 29.4. The van der Waals surface area contributed by atoms with Crippen molar-refractivity contribution in [1.82, 2.24) is 14.3 Å². The predicted molar refractivity (Wildman–Crippen MR) is 137 cm³/mol. The Morgan fingerprint density at radius 3 is 2.58 bits per heavy atom. The van der Waals surface area contributed by atoms with Crippen LogP contribution in [0.5, 0.6) is 5.75 Å². The molecule has 1 aromatic heterocycles. The zero-order valence-corrected chi connectivity index (χ0v) is 22.4. The van der Waals surface area contributed by atoms with E-state index in [4.69, 9.17) is 21.3 Å². The molecule has 1 saturated heterocycles. The van der Waals surface area contributed by atoms with Crippen LogP contribution in [-0.2, 0) is 27.3 Å². The summed E-state index contributed by atoms with van der Waals surface area (Å²) in [5, 5.41) is 1.20. The summed E-state index contributed by atoms with van der Waals surface area (Å²) in [5.74, 6) is -3.24. The molecule has 0 amide bonds. The smallest absolute Gasteiger partial charge is 0.489 e. The summed E-state index contributed by atoms with van der Waals surface area (Å²) in [7, 11) is 0. The van der Waals surface area contributed by atoms with Gasteiger partial charge in [0, 0.05) is 30.8 Å². The molecule has 0 bridgehead atoms. The Morgan fingerprint density at radius 2 is 1.95 bits per heavy atom. The van der Waals surface area contributed by atoms with Crippen LogP contribution >= 0.6 is 23.1 Å². The van der Waals surface area contributed by atoms with E-state index in [1.807, 2.05) is 56.0 Å². The van der Waals surface area contributed by atoms with Crippen molar-refractivity contribution in [2.75, 3.05) is 13.1 Å². The summed E-state index contributed by atoms with van der Waals surface area (Å²) in [6.45, 7) is 6.76. The van der Waals surface area contributed by atoms with Gasteiger partial charge in [0.2, 0.25) is 0 Å². The first-order chi connectivity index (χ1) is 18.0. The van der Waals surface area contributed by atoms with Crippen LogP contribution in [0.3, 0.4) is 0 Å². The van der Waals surface area contributed by atoms with Gasteiger partial charge in [-0.15, -0.1) is 0 Å². The van der Waals surface area contributed by atoms with E-state index in [9.17, 15) is 22.8 Å². The molecule has 38 heavy (non-hydrogen) atoms. The minimum Gasteiger partial charge on any atom is -0.489 e. The topological polar surface area (TPSA) is 81.6 Å². The minimum absolute atomic E-state index is 0.000723. The molecule has 0 N–H and O–H groups in total. The van der Waals surface area contributed by atoms with Gasteiger partial charge in [0.1, 0.15) is 10.8 Å². The Hall–Kier alpha value is -3.02. The number of esters is 2. The van der Waals surface area contributed by atoms with Gasteiger partial charge in [-0.25, -0.2) is 9.78 Å². The molecule has 12 heteroatoms. The highest BCUT2D eigenvalue weighted by molar-refractivity contribution is 7.09. The van der Waals surface area contributed by atoms with Crippen molar-refractivity contribution in [3.63, 3.8) is 0 Å². The van der Waals surface area contributed by atoms with E-state index in [0.29, 0.717) is 34.6 Å². The van der Waals surface area contributed by atoms with Crippen LogP contribution in [0.25, 0.3) is 22.0 Å². The molecule has 0 atom stereocenters. The van der Waals surface area contributed by atoms with Crippen molar-refractivity contribution < 1.29 is 32.2 Å². The molecule has 0 aliphatic carbocycles. The molecule has 0 unspecified atom stereocenters. The molecular formula is C26H25ClF3N3O4S. The van der Waals surface area contributed by atoms with Crippen LogP contribution in [0.15, 0.2) is 36.4 Å². The first-order valence-corrected chi connectivity index (χ1v) is 13.1. The minimum atomic E-state index is -5.20. The van der Waals surface area contributed by atoms with E-state index < -0.39 is 24.0 Å². The molecule has 4 rings (SSSR count). The average molecular weight is 568 g/mol. The molecule has 0 spiro atoms. The van der Waals surface area contributed by atoms with Crippen molar-refractivity contribution in [2.45, 2.75) is 46.0 Å². The molecule has 0 saturated carbocycles. The monoisotopic (exact) mass is 567 g/mol. The van der Waals surface area contributed by atoms with Crippen molar-refractivity contribution in [3.8, 4) is 27.7 Å². The van der Waals surface area contributed by atoms with Crippen LogP contribution in [0.2, 0.25) is 5.02 Å². The maximum Gasteiger partial charge on any atom is 0.491 e. The number of alkyl halides is 3. The molecular weight excluding hydrogens is 543 g/mol. The lowest BCUT2D eigenvalue weighted by Gasteiger charge is -2.37. The number of hydrogen-bond acceptors (Lipinski definition) is 8. The van der Waals surface area contributed by atoms with E-state index in [0.717, 1.165) is 22.3 Å². The summed E-state index contributed by atoms with van der Waals surface area (Å²) in [6, 6.07) is 11.3. The second-order valence-corrected chi connectivity index (χ2v) is 10.3. The van der Waals surface area contributed by atoms with E-state index in [-0.39, 0.29) is 19.2 Å². The fourth-order valence-corrected chi connectivity index (χ4v) is 5.06. The molecule has 3 aromatic rings. The normalized spacial score (nSPS) is 14.4. The van der Waals surface area contributed by atoms with E-state index >= 15 is 0 Å². The lowest BCUT2D eigenvalue weighted by molar-refractivity contribution is -0.204. The number of carbonyl (C=O) groups is 2. The highest BCUT2D eigenvalue weighted by Crippen LogP contribution is 2.34. The Kier molecular flexibility index (Phi) is 8.39. The van der Waals surface area contributed by atoms with Crippen molar-refractivity contribution in [1.29, 1.82) is 0 Å². The number of nitrogens with zero attached hydrogens (tertiary/aromatic N) is 3. The lowest BCUT2D eigenvalue weighted by atomic mass is 9.94. The van der Waals surface area contributed by atoms with Crippen LogP contribution < -0.4 is 4.74 Å². The maximum absolute atomic E-state index is 12.3. The third kappa shape index (κ3) is 6.33. The predicted octanol–water partition coefficient (Wildman–Crippen LogP) is 5.94. The number of carbonyl (C=O) groups excluding carboxylic acids is 2. The van der Waals surface area contributed by atoms with E-state index in [2.05, 4.69) is 9.11 Å². The molecule has 1 aliphatic rings. The van der Waals surface area contributed by atoms with Gasteiger partial charge in [-0.2, -0.15) is 17.5 Å². The average Bonchev–Trinajstić information content (AvgIpc) is 3.31. The number of halogens is 4. The van der Waals surface area contributed by atoms with Crippen molar-refractivity contribution in [2.24, 2.45) is 5.92 Å². The van der Waals surface area contributed by atoms with Crippen LogP contribution in [0.1, 0.15) is 31.9 Å². The lowest BCUT2D eigenvalue weighted by Crippen LogP contribution is -2.51. The summed E-state index contributed by atoms with van der Waals surface area (Å²) >= 11 is 7.65. The zero-order valence-electron chi connectivity index (χ0n) is 20.8. The van der Waals surface area contributed by atoms with Gasteiger partial charge < -0.3 is 9.47 Å². The Balaban J connectivity index is 1.45. The standard InChI is InChI=1S/C26H25ClF3N3O4S/c1-4-18-16(11-33-12-17(13-33)24(34)37-25(35)26(28,29)30)6-5-7-19(18)22-31-23(38-32-22)15-8-9-21(20(27)10-15)36-14(2)3/h5-10,14,17H,4,11-13H2,1-3H3. The first-order valence-electron chi connectivity index (χ1n) is 11.9. The second-order valence-electron chi connectivity index (χ2n) is 9.13. The summed E-state index contributed by atoms with van der Waals surface area (Å²) in [5.41, 5.74) is 3.74. The largest absolute Gasteiger partial charge is 0.491 e. The molecule has 202 valence electrons. The number of benzene rings is 2.